The van der Waals surface area contributed by atoms with Gasteiger partial charge in [-0.1, -0.05) is 25.5 Å². The van der Waals surface area contributed by atoms with Crippen LogP contribution in [0, 0.1) is 12.7 Å². The van der Waals surface area contributed by atoms with Crippen molar-refractivity contribution in [3.8, 4) is 33.8 Å². The van der Waals surface area contributed by atoms with Crippen LogP contribution >= 0.6 is 0 Å². The average molecular weight is 365 g/mol. The zero-order valence-corrected chi connectivity index (χ0v) is 16.2. The molecule has 0 amide bonds. The van der Waals surface area contributed by atoms with Crippen LogP contribution in [0.25, 0.3) is 22.3 Å². The molecule has 1 heterocycles. The first-order chi connectivity index (χ1) is 13.1. The second-order valence-corrected chi connectivity index (χ2v) is 6.48. The van der Waals surface area contributed by atoms with Crippen molar-refractivity contribution in [2.75, 3.05) is 14.2 Å². The molecule has 1 aromatic heterocycles. The minimum atomic E-state index is -0.251. The Bertz CT molecular complexity index is 914. The van der Waals surface area contributed by atoms with Gasteiger partial charge < -0.3 is 9.47 Å². The third kappa shape index (κ3) is 3.95. The zero-order chi connectivity index (χ0) is 19.4. The maximum atomic E-state index is 13.5. The Hall–Kier alpha value is -2.88. The van der Waals surface area contributed by atoms with Gasteiger partial charge in [0.15, 0.2) is 0 Å². The zero-order valence-electron chi connectivity index (χ0n) is 16.2. The van der Waals surface area contributed by atoms with Crippen molar-refractivity contribution in [3.05, 3.63) is 65.7 Å². The summed E-state index contributed by atoms with van der Waals surface area (Å²) in [5.41, 5.74) is 6.09. The number of nitrogens with zero attached hydrogens (tertiary/aromatic N) is 1. The summed E-state index contributed by atoms with van der Waals surface area (Å²) in [5, 5.41) is 0. The van der Waals surface area contributed by atoms with Crippen molar-refractivity contribution in [1.82, 2.24) is 4.98 Å². The van der Waals surface area contributed by atoms with E-state index < -0.39 is 0 Å². The number of benzene rings is 2. The first-order valence-corrected chi connectivity index (χ1v) is 9.05. The number of ether oxygens (including phenoxy) is 2. The van der Waals surface area contributed by atoms with Gasteiger partial charge >= 0.3 is 0 Å². The molecule has 0 aliphatic heterocycles. The van der Waals surface area contributed by atoms with E-state index in [1.54, 1.807) is 26.4 Å². The summed E-state index contributed by atoms with van der Waals surface area (Å²) in [6, 6.07) is 12.4. The van der Waals surface area contributed by atoms with E-state index in [1.807, 2.05) is 31.3 Å². The van der Waals surface area contributed by atoms with E-state index in [9.17, 15) is 4.39 Å². The van der Waals surface area contributed by atoms with Gasteiger partial charge in [-0.2, -0.15) is 0 Å². The summed E-state index contributed by atoms with van der Waals surface area (Å²) in [5.74, 6) is 1.20. The molecule has 0 spiro atoms. The normalized spacial score (nSPS) is 10.7. The summed E-state index contributed by atoms with van der Waals surface area (Å²) in [4.78, 5) is 4.61. The maximum Gasteiger partial charge on any atom is 0.123 e. The predicted octanol–water partition coefficient (Wildman–Crippen LogP) is 5.83. The average Bonchev–Trinajstić information content (AvgIpc) is 2.69. The van der Waals surface area contributed by atoms with Gasteiger partial charge in [0, 0.05) is 23.5 Å². The van der Waals surface area contributed by atoms with Gasteiger partial charge in [0.2, 0.25) is 0 Å². The smallest absolute Gasteiger partial charge is 0.123 e. The molecule has 0 saturated carbocycles. The first kappa shape index (κ1) is 18.9. The Morgan fingerprint density at radius 1 is 0.889 bits per heavy atom. The van der Waals surface area contributed by atoms with Crippen molar-refractivity contribution < 1.29 is 13.9 Å². The quantitative estimate of drug-likeness (QED) is 0.550. The number of halogens is 1. The molecule has 0 aliphatic carbocycles. The van der Waals surface area contributed by atoms with Crippen molar-refractivity contribution >= 4 is 0 Å². The third-order valence-electron chi connectivity index (χ3n) is 4.64. The van der Waals surface area contributed by atoms with E-state index in [-0.39, 0.29) is 5.82 Å². The predicted molar refractivity (Wildman–Crippen MR) is 107 cm³/mol. The Kier molecular flexibility index (Phi) is 5.75. The first-order valence-electron chi connectivity index (χ1n) is 9.05. The Labute approximate surface area is 159 Å². The Morgan fingerprint density at radius 2 is 1.52 bits per heavy atom. The lowest BCUT2D eigenvalue weighted by atomic mass is 9.89. The molecule has 140 valence electrons. The van der Waals surface area contributed by atoms with E-state index >= 15 is 0 Å². The molecule has 0 N–H and O–H groups in total. The fourth-order valence-corrected chi connectivity index (χ4v) is 3.36. The fraction of sp³-hybridized carbons (Fsp3) is 0.261. The van der Waals surface area contributed by atoms with Gasteiger partial charge in [0.25, 0.3) is 0 Å². The van der Waals surface area contributed by atoms with E-state index in [0.29, 0.717) is 0 Å². The number of methoxy groups -OCH3 is 2. The summed E-state index contributed by atoms with van der Waals surface area (Å²) < 4.78 is 24.4. The van der Waals surface area contributed by atoms with Crippen molar-refractivity contribution in [3.63, 3.8) is 0 Å². The van der Waals surface area contributed by atoms with Crippen LogP contribution < -0.4 is 9.47 Å². The molecular formula is C23H24FNO2. The van der Waals surface area contributed by atoms with Gasteiger partial charge in [-0.15, -0.1) is 0 Å². The lowest BCUT2D eigenvalue weighted by Crippen LogP contribution is -2.00. The Morgan fingerprint density at radius 3 is 2.07 bits per heavy atom. The van der Waals surface area contributed by atoms with Crippen molar-refractivity contribution in [2.24, 2.45) is 0 Å². The third-order valence-corrected chi connectivity index (χ3v) is 4.64. The molecule has 0 bridgehead atoms. The molecule has 4 heteroatoms. The monoisotopic (exact) mass is 365 g/mol. The fourth-order valence-electron chi connectivity index (χ4n) is 3.36. The number of pyridine rings is 1. The maximum absolute atomic E-state index is 13.5. The molecule has 2 aromatic carbocycles. The molecule has 0 radical (unpaired) electrons. The summed E-state index contributed by atoms with van der Waals surface area (Å²) >= 11 is 0. The van der Waals surface area contributed by atoms with Crippen LogP contribution in [0.3, 0.4) is 0 Å². The second kappa shape index (κ2) is 8.21. The molecule has 3 aromatic rings. The van der Waals surface area contributed by atoms with Crippen molar-refractivity contribution in [2.45, 2.75) is 26.7 Å². The minimum absolute atomic E-state index is 0.251. The second-order valence-electron chi connectivity index (χ2n) is 6.48. The number of rotatable bonds is 6. The molecule has 0 fully saturated rings. The summed E-state index contributed by atoms with van der Waals surface area (Å²) in [6.45, 7) is 4.13. The van der Waals surface area contributed by atoms with Crippen LogP contribution in [0.1, 0.15) is 24.6 Å². The minimum Gasteiger partial charge on any atom is -0.497 e. The lowest BCUT2D eigenvalue weighted by Gasteiger charge is -2.18. The summed E-state index contributed by atoms with van der Waals surface area (Å²) in [7, 11) is 3.29. The Balaban J connectivity index is 2.32. The highest BCUT2D eigenvalue weighted by Crippen LogP contribution is 2.40. The number of aryl methyl sites for hydroxylation is 2. The SMILES string of the molecule is CCCc1cnc(C)c(-c2ccc(F)cc2)c1-c1cc(OC)cc(OC)c1. The summed E-state index contributed by atoms with van der Waals surface area (Å²) in [6.07, 6.45) is 3.84. The van der Waals surface area contributed by atoms with E-state index in [1.165, 1.54) is 12.1 Å². The van der Waals surface area contributed by atoms with Crippen molar-refractivity contribution in [1.29, 1.82) is 0 Å². The molecule has 3 rings (SSSR count). The van der Waals surface area contributed by atoms with Gasteiger partial charge in [0.1, 0.15) is 17.3 Å². The highest BCUT2D eigenvalue weighted by molar-refractivity contribution is 5.87. The van der Waals surface area contributed by atoms with Crippen LogP contribution in [0.4, 0.5) is 4.39 Å². The van der Waals surface area contributed by atoms with Gasteiger partial charge in [-0.05, 0) is 59.9 Å². The lowest BCUT2D eigenvalue weighted by molar-refractivity contribution is 0.394. The van der Waals surface area contributed by atoms with Crippen LogP contribution in [-0.2, 0) is 6.42 Å². The molecule has 0 aliphatic rings. The number of hydrogen-bond donors (Lipinski definition) is 0. The molecule has 0 unspecified atom stereocenters. The topological polar surface area (TPSA) is 31.4 Å². The van der Waals surface area contributed by atoms with E-state index in [0.717, 1.165) is 57.9 Å². The standard InChI is InChI=1S/C23H24FNO2/c1-5-6-17-14-25-15(2)22(16-7-9-19(24)10-8-16)23(17)18-11-20(26-3)13-21(12-18)27-4/h7-14H,5-6H2,1-4H3. The molecular weight excluding hydrogens is 341 g/mol. The number of hydrogen-bond acceptors (Lipinski definition) is 3. The van der Waals surface area contributed by atoms with Crippen LogP contribution in [0.5, 0.6) is 11.5 Å². The largest absolute Gasteiger partial charge is 0.497 e. The molecule has 3 nitrogen and oxygen atoms in total. The highest BCUT2D eigenvalue weighted by atomic mass is 19.1. The molecule has 27 heavy (non-hydrogen) atoms. The van der Waals surface area contributed by atoms with E-state index in [2.05, 4.69) is 11.9 Å². The van der Waals surface area contributed by atoms with Crippen LogP contribution in [0.2, 0.25) is 0 Å². The van der Waals surface area contributed by atoms with Crippen LogP contribution in [-0.4, -0.2) is 19.2 Å². The van der Waals surface area contributed by atoms with E-state index in [4.69, 9.17) is 9.47 Å². The van der Waals surface area contributed by atoms with Gasteiger partial charge in [0.05, 0.1) is 14.2 Å². The van der Waals surface area contributed by atoms with Crippen LogP contribution in [0.15, 0.2) is 48.7 Å². The highest BCUT2D eigenvalue weighted by Gasteiger charge is 2.17. The molecule has 0 atom stereocenters. The molecule has 0 saturated heterocycles. The van der Waals surface area contributed by atoms with Gasteiger partial charge in [-0.25, -0.2) is 4.39 Å². The number of aromatic nitrogens is 1. The van der Waals surface area contributed by atoms with Gasteiger partial charge in [-0.3, -0.25) is 4.98 Å².